The topological polar surface area (TPSA) is 49.4 Å². The number of likely N-dealkylation sites (tertiary alicyclic amines) is 1. The summed E-state index contributed by atoms with van der Waals surface area (Å²) in [6.45, 7) is 2.30. The van der Waals surface area contributed by atoms with Crippen LogP contribution in [0.3, 0.4) is 0 Å². The van der Waals surface area contributed by atoms with Gasteiger partial charge in [-0.3, -0.25) is 9.59 Å². The predicted octanol–water partition coefficient (Wildman–Crippen LogP) is 1.70. The number of carbonyl (C=O) groups is 2. The summed E-state index contributed by atoms with van der Waals surface area (Å²) in [6.07, 6.45) is 8.35. The zero-order valence-corrected chi connectivity index (χ0v) is 11.1. The predicted molar refractivity (Wildman–Crippen MR) is 70.0 cm³/mol. The van der Waals surface area contributed by atoms with Crippen molar-refractivity contribution in [3.05, 3.63) is 0 Å². The average molecular weight is 252 g/mol. The van der Waals surface area contributed by atoms with Crippen LogP contribution in [0.15, 0.2) is 0 Å². The normalized spacial score (nSPS) is 21.0. The maximum Gasteiger partial charge on any atom is 0.224 e. The fraction of sp³-hybridized carbons (Fsp3) is 0.857. The minimum atomic E-state index is 0.156. The molecule has 2 amide bonds. The second kappa shape index (κ2) is 6.76. The van der Waals surface area contributed by atoms with Crippen molar-refractivity contribution in [2.75, 3.05) is 19.6 Å². The van der Waals surface area contributed by atoms with Crippen LogP contribution in [0.4, 0.5) is 0 Å². The van der Waals surface area contributed by atoms with Crippen molar-refractivity contribution in [3.8, 4) is 0 Å². The van der Waals surface area contributed by atoms with Gasteiger partial charge in [-0.25, -0.2) is 0 Å². The highest BCUT2D eigenvalue weighted by Crippen LogP contribution is 2.23. The Balaban J connectivity index is 1.62. The second-order valence-corrected chi connectivity index (χ2v) is 5.46. The quantitative estimate of drug-likeness (QED) is 0.828. The molecule has 4 nitrogen and oxygen atoms in total. The van der Waals surface area contributed by atoms with Crippen LogP contribution in [0.5, 0.6) is 0 Å². The number of rotatable bonds is 4. The first-order chi connectivity index (χ1) is 8.77. The number of nitrogens with one attached hydrogen (secondary N) is 1. The van der Waals surface area contributed by atoms with Gasteiger partial charge in [-0.1, -0.05) is 19.3 Å². The molecule has 18 heavy (non-hydrogen) atoms. The molecule has 0 unspecified atom stereocenters. The van der Waals surface area contributed by atoms with Crippen LogP contribution >= 0.6 is 0 Å². The van der Waals surface area contributed by atoms with Gasteiger partial charge in [0.05, 0.1) is 0 Å². The van der Waals surface area contributed by atoms with E-state index < -0.39 is 0 Å². The number of amides is 2. The van der Waals surface area contributed by atoms with E-state index in [4.69, 9.17) is 0 Å². The zero-order valence-electron chi connectivity index (χ0n) is 11.1. The molecule has 1 saturated carbocycles. The third kappa shape index (κ3) is 3.72. The largest absolute Gasteiger partial charge is 0.355 e. The van der Waals surface area contributed by atoms with Crippen LogP contribution in [0.1, 0.15) is 51.4 Å². The molecular formula is C14H24N2O2. The maximum absolute atomic E-state index is 11.9. The lowest BCUT2D eigenvalue weighted by Gasteiger charge is -2.21. The van der Waals surface area contributed by atoms with Crippen LogP contribution < -0.4 is 5.32 Å². The van der Waals surface area contributed by atoms with Gasteiger partial charge in [0, 0.05) is 32.0 Å². The summed E-state index contributed by atoms with van der Waals surface area (Å²) in [5.41, 5.74) is 0. The van der Waals surface area contributed by atoms with Crippen molar-refractivity contribution >= 4 is 11.8 Å². The smallest absolute Gasteiger partial charge is 0.224 e. The Kier molecular flexibility index (Phi) is 5.02. The lowest BCUT2D eigenvalue weighted by molar-refractivity contribution is -0.130. The van der Waals surface area contributed by atoms with Gasteiger partial charge in [-0.2, -0.15) is 0 Å². The van der Waals surface area contributed by atoms with E-state index in [-0.39, 0.29) is 17.7 Å². The zero-order chi connectivity index (χ0) is 12.8. The van der Waals surface area contributed by atoms with E-state index in [0.717, 1.165) is 38.8 Å². The van der Waals surface area contributed by atoms with Gasteiger partial charge in [0.25, 0.3) is 0 Å². The van der Waals surface area contributed by atoms with E-state index in [2.05, 4.69) is 5.32 Å². The molecule has 1 N–H and O–H groups in total. The molecular weight excluding hydrogens is 228 g/mol. The SMILES string of the molecule is O=C(NCCC(=O)N1CCCC1)C1CCCCC1. The average Bonchev–Trinajstić information content (AvgIpc) is 2.93. The fourth-order valence-electron chi connectivity index (χ4n) is 2.93. The summed E-state index contributed by atoms with van der Waals surface area (Å²) in [7, 11) is 0. The minimum absolute atomic E-state index is 0.156. The lowest BCUT2D eigenvalue weighted by atomic mass is 9.89. The third-order valence-corrected chi connectivity index (χ3v) is 4.07. The van der Waals surface area contributed by atoms with Gasteiger partial charge in [-0.05, 0) is 25.7 Å². The van der Waals surface area contributed by atoms with Gasteiger partial charge in [0.2, 0.25) is 11.8 Å². The molecule has 0 aromatic heterocycles. The molecule has 4 heteroatoms. The van der Waals surface area contributed by atoms with E-state index in [9.17, 15) is 9.59 Å². The Hall–Kier alpha value is -1.06. The molecule has 2 fully saturated rings. The molecule has 1 aliphatic carbocycles. The number of nitrogens with zero attached hydrogens (tertiary/aromatic N) is 1. The van der Waals surface area contributed by atoms with Crippen molar-refractivity contribution in [2.24, 2.45) is 5.92 Å². The molecule has 2 rings (SSSR count). The highest BCUT2D eigenvalue weighted by molar-refractivity contribution is 5.80. The fourth-order valence-corrected chi connectivity index (χ4v) is 2.93. The lowest BCUT2D eigenvalue weighted by Crippen LogP contribution is -2.36. The molecule has 0 radical (unpaired) electrons. The van der Waals surface area contributed by atoms with E-state index in [0.29, 0.717) is 13.0 Å². The maximum atomic E-state index is 11.9. The van der Waals surface area contributed by atoms with Crippen molar-refractivity contribution < 1.29 is 9.59 Å². The van der Waals surface area contributed by atoms with Crippen LogP contribution in [-0.2, 0) is 9.59 Å². The molecule has 2 aliphatic rings. The Labute approximate surface area is 109 Å². The van der Waals surface area contributed by atoms with Gasteiger partial charge in [0.15, 0.2) is 0 Å². The van der Waals surface area contributed by atoms with Crippen LogP contribution in [0.2, 0.25) is 0 Å². The first kappa shape index (κ1) is 13.4. The van der Waals surface area contributed by atoms with E-state index in [1.54, 1.807) is 0 Å². The van der Waals surface area contributed by atoms with Crippen molar-refractivity contribution in [1.29, 1.82) is 0 Å². The highest BCUT2D eigenvalue weighted by Gasteiger charge is 2.21. The molecule has 0 aromatic rings. The number of hydrogen-bond donors (Lipinski definition) is 1. The van der Waals surface area contributed by atoms with Crippen LogP contribution in [0.25, 0.3) is 0 Å². The van der Waals surface area contributed by atoms with Gasteiger partial charge >= 0.3 is 0 Å². The van der Waals surface area contributed by atoms with Gasteiger partial charge in [0.1, 0.15) is 0 Å². The van der Waals surface area contributed by atoms with Crippen molar-refractivity contribution in [1.82, 2.24) is 10.2 Å². The standard InChI is InChI=1S/C14H24N2O2/c17-13(16-10-4-5-11-16)8-9-15-14(18)12-6-2-1-3-7-12/h12H,1-11H2,(H,15,18). The second-order valence-electron chi connectivity index (χ2n) is 5.46. The molecule has 0 bridgehead atoms. The van der Waals surface area contributed by atoms with Crippen molar-refractivity contribution in [2.45, 2.75) is 51.4 Å². The molecule has 0 spiro atoms. The van der Waals surface area contributed by atoms with E-state index in [1.807, 2.05) is 4.90 Å². The minimum Gasteiger partial charge on any atom is -0.355 e. The Morgan fingerprint density at radius 1 is 1.00 bits per heavy atom. The van der Waals surface area contributed by atoms with Gasteiger partial charge in [-0.15, -0.1) is 0 Å². The van der Waals surface area contributed by atoms with Crippen LogP contribution in [0, 0.1) is 5.92 Å². The van der Waals surface area contributed by atoms with Crippen molar-refractivity contribution in [3.63, 3.8) is 0 Å². The van der Waals surface area contributed by atoms with Gasteiger partial charge < -0.3 is 10.2 Å². The Bertz CT molecular complexity index is 292. The summed E-state index contributed by atoms with van der Waals surface area (Å²) < 4.78 is 0. The Morgan fingerprint density at radius 3 is 2.33 bits per heavy atom. The molecule has 0 atom stereocenters. The molecule has 102 valence electrons. The number of carbonyl (C=O) groups excluding carboxylic acids is 2. The third-order valence-electron chi connectivity index (χ3n) is 4.07. The first-order valence-corrected chi connectivity index (χ1v) is 7.33. The summed E-state index contributed by atoms with van der Waals surface area (Å²) in [5.74, 6) is 0.543. The summed E-state index contributed by atoms with van der Waals surface area (Å²) in [4.78, 5) is 25.6. The summed E-state index contributed by atoms with van der Waals surface area (Å²) >= 11 is 0. The number of hydrogen-bond acceptors (Lipinski definition) is 2. The van der Waals surface area contributed by atoms with E-state index in [1.165, 1.54) is 19.3 Å². The molecule has 1 aliphatic heterocycles. The van der Waals surface area contributed by atoms with E-state index >= 15 is 0 Å². The van der Waals surface area contributed by atoms with Crippen LogP contribution in [-0.4, -0.2) is 36.3 Å². The molecule has 1 heterocycles. The highest BCUT2D eigenvalue weighted by atomic mass is 16.2. The monoisotopic (exact) mass is 252 g/mol. The summed E-state index contributed by atoms with van der Waals surface area (Å²) in [6, 6.07) is 0. The molecule has 1 saturated heterocycles. The summed E-state index contributed by atoms with van der Waals surface area (Å²) in [5, 5.41) is 2.92. The molecule has 0 aromatic carbocycles. The Morgan fingerprint density at radius 2 is 1.67 bits per heavy atom. The first-order valence-electron chi connectivity index (χ1n) is 7.33.